The van der Waals surface area contributed by atoms with Crippen molar-refractivity contribution in [3.05, 3.63) is 47.5 Å². The predicted octanol–water partition coefficient (Wildman–Crippen LogP) is 2.78. The largest absolute Gasteiger partial charge is 0.483 e. The Morgan fingerprint density at radius 2 is 2.04 bits per heavy atom. The molecule has 1 fully saturated rings. The molecule has 1 heterocycles. The Kier molecular flexibility index (Phi) is 4.60. The molecule has 1 aromatic heterocycles. The molecule has 0 atom stereocenters. The minimum absolute atomic E-state index is 0.0618. The Morgan fingerprint density at radius 1 is 1.29 bits per heavy atom. The Morgan fingerprint density at radius 3 is 2.71 bits per heavy atom. The molecule has 5 heteroatoms. The third-order valence-electron chi connectivity index (χ3n) is 4.92. The van der Waals surface area contributed by atoms with Crippen molar-refractivity contribution in [2.75, 3.05) is 13.2 Å². The van der Waals surface area contributed by atoms with Crippen LogP contribution in [0.15, 0.2) is 30.9 Å². The maximum atomic E-state index is 12.1. The second-order valence-electron chi connectivity index (χ2n) is 6.95. The number of nitrogens with one attached hydrogen (secondary N) is 1. The van der Waals surface area contributed by atoms with E-state index >= 15 is 0 Å². The van der Waals surface area contributed by atoms with Crippen molar-refractivity contribution >= 4 is 5.91 Å². The maximum absolute atomic E-state index is 12.1. The Bertz CT molecular complexity index is 718. The molecule has 1 saturated carbocycles. The van der Waals surface area contributed by atoms with E-state index in [1.807, 2.05) is 32.4 Å². The van der Waals surface area contributed by atoms with E-state index in [4.69, 9.17) is 4.74 Å². The number of imidazole rings is 1. The van der Waals surface area contributed by atoms with E-state index in [1.165, 1.54) is 5.56 Å². The summed E-state index contributed by atoms with van der Waals surface area (Å²) < 4.78 is 7.85. The molecule has 2 aromatic rings. The molecule has 0 spiro atoms. The van der Waals surface area contributed by atoms with Crippen molar-refractivity contribution in [3.8, 4) is 5.75 Å². The van der Waals surface area contributed by atoms with Crippen molar-refractivity contribution in [3.63, 3.8) is 0 Å². The van der Waals surface area contributed by atoms with Gasteiger partial charge in [0.25, 0.3) is 5.91 Å². The Hall–Kier alpha value is -2.30. The Balaban J connectivity index is 1.49. The van der Waals surface area contributed by atoms with E-state index in [-0.39, 0.29) is 17.9 Å². The summed E-state index contributed by atoms with van der Waals surface area (Å²) in [6.07, 6.45) is 7.86. The van der Waals surface area contributed by atoms with E-state index in [9.17, 15) is 4.79 Å². The van der Waals surface area contributed by atoms with E-state index < -0.39 is 0 Å². The van der Waals surface area contributed by atoms with Gasteiger partial charge in [0.1, 0.15) is 5.75 Å². The van der Waals surface area contributed by atoms with Gasteiger partial charge in [-0.2, -0.15) is 0 Å². The first-order valence-corrected chi connectivity index (χ1v) is 8.41. The number of carbonyl (C=O) groups is 1. The van der Waals surface area contributed by atoms with Gasteiger partial charge in [-0.3, -0.25) is 4.79 Å². The molecule has 0 bridgehead atoms. The zero-order chi connectivity index (χ0) is 17.2. The van der Waals surface area contributed by atoms with Gasteiger partial charge in [-0.05, 0) is 50.3 Å². The summed E-state index contributed by atoms with van der Waals surface area (Å²) in [4.78, 5) is 16.2. The first kappa shape index (κ1) is 16.6. The summed E-state index contributed by atoms with van der Waals surface area (Å²) >= 11 is 0. The van der Waals surface area contributed by atoms with Crippen LogP contribution in [0.3, 0.4) is 0 Å². The molecule has 0 aliphatic heterocycles. The zero-order valence-corrected chi connectivity index (χ0v) is 14.6. The van der Waals surface area contributed by atoms with Crippen LogP contribution in [0.2, 0.25) is 0 Å². The maximum Gasteiger partial charge on any atom is 0.257 e. The summed E-state index contributed by atoms with van der Waals surface area (Å²) in [6.45, 7) is 7.74. The highest BCUT2D eigenvalue weighted by molar-refractivity contribution is 5.77. The number of aryl methyl sites for hydroxylation is 2. The van der Waals surface area contributed by atoms with Crippen LogP contribution in [0.1, 0.15) is 29.5 Å². The van der Waals surface area contributed by atoms with Gasteiger partial charge >= 0.3 is 0 Å². The van der Waals surface area contributed by atoms with Crippen LogP contribution >= 0.6 is 0 Å². The van der Waals surface area contributed by atoms with E-state index in [1.54, 1.807) is 6.20 Å². The molecule has 1 amide bonds. The second kappa shape index (κ2) is 6.67. The third-order valence-corrected chi connectivity index (χ3v) is 4.92. The highest BCUT2D eigenvalue weighted by Gasteiger charge is 2.42. The number of hydrogen-bond donors (Lipinski definition) is 1. The van der Waals surface area contributed by atoms with Gasteiger partial charge in [0.05, 0.1) is 6.33 Å². The number of hydrogen-bond acceptors (Lipinski definition) is 3. The fourth-order valence-corrected chi connectivity index (χ4v) is 2.96. The molecule has 1 aliphatic carbocycles. The topological polar surface area (TPSA) is 56.1 Å². The number of amides is 1. The van der Waals surface area contributed by atoms with Gasteiger partial charge in [0, 0.05) is 30.9 Å². The summed E-state index contributed by atoms with van der Waals surface area (Å²) in [7, 11) is 0. The molecule has 0 radical (unpaired) electrons. The second-order valence-corrected chi connectivity index (χ2v) is 6.95. The van der Waals surface area contributed by atoms with Crippen LogP contribution in [-0.2, 0) is 11.3 Å². The molecular weight excluding hydrogens is 302 g/mol. The van der Waals surface area contributed by atoms with Gasteiger partial charge < -0.3 is 14.6 Å². The van der Waals surface area contributed by atoms with Crippen LogP contribution in [0.4, 0.5) is 0 Å². The average molecular weight is 327 g/mol. The van der Waals surface area contributed by atoms with Crippen LogP contribution in [-0.4, -0.2) is 28.6 Å². The predicted molar refractivity (Wildman–Crippen MR) is 93.1 cm³/mol. The van der Waals surface area contributed by atoms with Crippen LogP contribution < -0.4 is 10.1 Å². The van der Waals surface area contributed by atoms with Gasteiger partial charge in [0.2, 0.25) is 0 Å². The first-order valence-electron chi connectivity index (χ1n) is 8.41. The molecule has 3 rings (SSSR count). The monoisotopic (exact) mass is 327 g/mol. The molecule has 1 aromatic carbocycles. The van der Waals surface area contributed by atoms with Gasteiger partial charge in [-0.25, -0.2) is 4.98 Å². The molecule has 5 nitrogen and oxygen atoms in total. The fraction of sp³-hybridized carbons (Fsp3) is 0.474. The van der Waals surface area contributed by atoms with E-state index in [0.29, 0.717) is 6.54 Å². The van der Waals surface area contributed by atoms with Crippen LogP contribution in [0, 0.1) is 26.2 Å². The van der Waals surface area contributed by atoms with Crippen molar-refractivity contribution in [1.82, 2.24) is 14.9 Å². The van der Waals surface area contributed by atoms with Crippen LogP contribution in [0.25, 0.3) is 0 Å². The molecule has 0 unspecified atom stereocenters. The summed E-state index contributed by atoms with van der Waals surface area (Å²) in [5.74, 6) is 0.761. The highest BCUT2D eigenvalue weighted by atomic mass is 16.5. The lowest BCUT2D eigenvalue weighted by atomic mass is 10.1. The average Bonchev–Trinajstić information content (AvgIpc) is 3.13. The van der Waals surface area contributed by atoms with E-state index in [0.717, 1.165) is 36.3 Å². The van der Waals surface area contributed by atoms with Gasteiger partial charge in [0.15, 0.2) is 6.61 Å². The van der Waals surface area contributed by atoms with Crippen LogP contribution in [0.5, 0.6) is 5.75 Å². The molecule has 1 N–H and O–H groups in total. The SMILES string of the molecule is Cc1ccc(C)c(OCC(=O)NCC2(Cn3ccnc3)CC2)c1C. The lowest BCUT2D eigenvalue weighted by Gasteiger charge is -2.17. The summed E-state index contributed by atoms with van der Waals surface area (Å²) in [6, 6.07) is 4.10. The van der Waals surface area contributed by atoms with Crippen molar-refractivity contribution in [2.24, 2.45) is 5.41 Å². The standard InChI is InChI=1S/C19H25N3O2/c1-14-4-5-15(2)18(16(14)3)24-10-17(23)21-11-19(6-7-19)12-22-9-8-20-13-22/h4-5,8-9,13H,6-7,10-12H2,1-3H3,(H,21,23). The lowest BCUT2D eigenvalue weighted by molar-refractivity contribution is -0.123. The fourth-order valence-electron chi connectivity index (χ4n) is 2.96. The molecular formula is C19H25N3O2. The third kappa shape index (κ3) is 3.78. The van der Waals surface area contributed by atoms with Crippen molar-refractivity contribution < 1.29 is 9.53 Å². The van der Waals surface area contributed by atoms with E-state index in [2.05, 4.69) is 27.9 Å². The quantitative estimate of drug-likeness (QED) is 0.851. The summed E-state index contributed by atoms with van der Waals surface area (Å²) in [5.41, 5.74) is 3.52. The number of carbonyl (C=O) groups excluding carboxylic acids is 1. The normalized spacial score (nSPS) is 15.1. The zero-order valence-electron chi connectivity index (χ0n) is 14.6. The summed E-state index contributed by atoms with van der Waals surface area (Å²) in [5, 5.41) is 3.02. The number of benzene rings is 1. The molecule has 24 heavy (non-hydrogen) atoms. The number of aromatic nitrogens is 2. The van der Waals surface area contributed by atoms with Crippen molar-refractivity contribution in [1.29, 1.82) is 0 Å². The molecule has 1 aliphatic rings. The minimum Gasteiger partial charge on any atom is -0.483 e. The number of rotatable bonds is 7. The molecule has 0 saturated heterocycles. The van der Waals surface area contributed by atoms with Crippen molar-refractivity contribution in [2.45, 2.75) is 40.2 Å². The minimum atomic E-state index is -0.0628. The highest BCUT2D eigenvalue weighted by Crippen LogP contribution is 2.46. The number of ether oxygens (including phenoxy) is 1. The Labute approximate surface area is 143 Å². The smallest absolute Gasteiger partial charge is 0.257 e. The lowest BCUT2D eigenvalue weighted by Crippen LogP contribution is -2.35. The number of nitrogens with zero attached hydrogens (tertiary/aromatic N) is 2. The first-order chi connectivity index (χ1) is 11.5. The van der Waals surface area contributed by atoms with Gasteiger partial charge in [-0.1, -0.05) is 12.1 Å². The van der Waals surface area contributed by atoms with Gasteiger partial charge in [-0.15, -0.1) is 0 Å². The molecule has 128 valence electrons.